The molecule has 1 aliphatic heterocycles. The van der Waals surface area contributed by atoms with Crippen molar-refractivity contribution in [2.45, 2.75) is 45.4 Å². The predicted octanol–water partition coefficient (Wildman–Crippen LogP) is 1.28. The van der Waals surface area contributed by atoms with E-state index in [0.717, 1.165) is 37.6 Å². The van der Waals surface area contributed by atoms with Gasteiger partial charge in [-0.25, -0.2) is 19.3 Å². The van der Waals surface area contributed by atoms with Crippen LogP contribution in [0.3, 0.4) is 0 Å². The number of ether oxygens (including phenoxy) is 1. The number of piperidine rings is 1. The van der Waals surface area contributed by atoms with Crippen LogP contribution < -0.4 is 0 Å². The van der Waals surface area contributed by atoms with Gasteiger partial charge in [-0.15, -0.1) is 0 Å². The molecule has 2 aromatic rings. The van der Waals surface area contributed by atoms with Gasteiger partial charge in [-0.05, 0) is 46.8 Å². The first-order valence-electron chi connectivity index (χ1n) is 8.24. The van der Waals surface area contributed by atoms with E-state index in [1.807, 2.05) is 11.6 Å². The predicted molar refractivity (Wildman–Crippen MR) is 85.0 cm³/mol. The Morgan fingerprint density at radius 1 is 1.35 bits per heavy atom. The summed E-state index contributed by atoms with van der Waals surface area (Å²) in [6, 6.07) is 0.384. The van der Waals surface area contributed by atoms with Crippen molar-refractivity contribution in [2.24, 2.45) is 0 Å². The molecule has 0 N–H and O–H groups in total. The molecule has 0 aromatic carbocycles. The van der Waals surface area contributed by atoms with Crippen LogP contribution in [0.4, 0.5) is 0 Å². The summed E-state index contributed by atoms with van der Waals surface area (Å²) < 4.78 is 9.39. The van der Waals surface area contributed by atoms with Crippen molar-refractivity contribution in [3.05, 3.63) is 24.3 Å². The smallest absolute Gasteiger partial charge is 0.176 e. The van der Waals surface area contributed by atoms with Crippen LogP contribution in [0.2, 0.25) is 0 Å². The summed E-state index contributed by atoms with van der Waals surface area (Å²) in [5.74, 6) is 1.67. The number of rotatable bonds is 6. The Hall–Kier alpha value is -1.80. The van der Waals surface area contributed by atoms with Crippen molar-refractivity contribution >= 4 is 0 Å². The lowest BCUT2D eigenvalue weighted by molar-refractivity contribution is 0.127. The number of hydrogen-bond acceptors (Lipinski definition) is 6. The number of nitrogens with zero attached hydrogens (tertiary/aromatic N) is 7. The van der Waals surface area contributed by atoms with Gasteiger partial charge in [0, 0.05) is 6.61 Å². The van der Waals surface area contributed by atoms with E-state index >= 15 is 0 Å². The first kappa shape index (κ1) is 16.1. The van der Waals surface area contributed by atoms with Gasteiger partial charge in [0.15, 0.2) is 11.6 Å². The minimum atomic E-state index is 0.0000302. The third-order valence-corrected chi connectivity index (χ3v) is 4.38. The Kier molecular flexibility index (Phi) is 5.02. The van der Waals surface area contributed by atoms with E-state index in [1.54, 1.807) is 12.7 Å². The third-order valence-electron chi connectivity index (χ3n) is 4.38. The van der Waals surface area contributed by atoms with Crippen molar-refractivity contribution in [3.8, 4) is 0 Å². The third kappa shape index (κ3) is 3.59. The first-order valence-corrected chi connectivity index (χ1v) is 8.24. The van der Waals surface area contributed by atoms with Crippen LogP contribution in [0.15, 0.2) is 12.7 Å². The Bertz CT molecular complexity index is 601. The van der Waals surface area contributed by atoms with Crippen LogP contribution in [0.5, 0.6) is 0 Å². The Balaban J connectivity index is 1.87. The van der Waals surface area contributed by atoms with E-state index < -0.39 is 0 Å². The Morgan fingerprint density at radius 3 is 2.78 bits per heavy atom. The topological polar surface area (TPSA) is 73.9 Å². The van der Waals surface area contributed by atoms with Gasteiger partial charge in [0.25, 0.3) is 0 Å². The highest BCUT2D eigenvalue weighted by Crippen LogP contribution is 2.26. The molecule has 3 heterocycles. The van der Waals surface area contributed by atoms with E-state index in [2.05, 4.69) is 33.6 Å². The average Bonchev–Trinajstić information content (AvgIpc) is 3.23. The normalized spacial score (nSPS) is 18.4. The molecule has 2 aromatic heterocycles. The molecule has 0 aliphatic carbocycles. The molecule has 0 spiro atoms. The minimum absolute atomic E-state index is 0.0000302. The maximum Gasteiger partial charge on any atom is 0.176 e. The minimum Gasteiger partial charge on any atom is -0.374 e. The largest absolute Gasteiger partial charge is 0.374 e. The molecule has 1 unspecified atom stereocenters. The van der Waals surface area contributed by atoms with E-state index in [1.165, 1.54) is 0 Å². The lowest BCUT2D eigenvalue weighted by atomic mass is 10.1. The second-order valence-corrected chi connectivity index (χ2v) is 6.05. The molecule has 0 saturated carbocycles. The van der Waals surface area contributed by atoms with Crippen molar-refractivity contribution < 1.29 is 4.74 Å². The van der Waals surface area contributed by atoms with Gasteiger partial charge in [-0.2, -0.15) is 10.2 Å². The van der Waals surface area contributed by atoms with E-state index in [0.29, 0.717) is 19.3 Å². The van der Waals surface area contributed by atoms with Crippen LogP contribution in [0.25, 0.3) is 0 Å². The van der Waals surface area contributed by atoms with Crippen LogP contribution in [-0.2, 0) is 11.3 Å². The maximum atomic E-state index is 5.48. The second-order valence-electron chi connectivity index (χ2n) is 6.05. The fourth-order valence-corrected chi connectivity index (χ4v) is 2.96. The molecule has 3 rings (SSSR count). The monoisotopic (exact) mass is 319 g/mol. The maximum absolute atomic E-state index is 5.48. The van der Waals surface area contributed by atoms with Gasteiger partial charge in [0.1, 0.15) is 25.3 Å². The molecule has 1 aliphatic rings. The van der Waals surface area contributed by atoms with Gasteiger partial charge in [0.2, 0.25) is 0 Å². The average molecular weight is 319 g/mol. The highest BCUT2D eigenvalue weighted by atomic mass is 16.5. The molecule has 1 atom stereocenters. The van der Waals surface area contributed by atoms with Gasteiger partial charge in [0.05, 0.1) is 6.04 Å². The summed E-state index contributed by atoms with van der Waals surface area (Å²) in [4.78, 5) is 11.1. The molecule has 8 heteroatoms. The van der Waals surface area contributed by atoms with Gasteiger partial charge in [-0.1, -0.05) is 0 Å². The Morgan fingerprint density at radius 2 is 2.13 bits per heavy atom. The number of hydrogen-bond donors (Lipinski definition) is 0. The molecule has 126 valence electrons. The van der Waals surface area contributed by atoms with E-state index in [4.69, 9.17) is 14.8 Å². The summed E-state index contributed by atoms with van der Waals surface area (Å²) in [5.41, 5.74) is 0. The van der Waals surface area contributed by atoms with Crippen LogP contribution >= 0.6 is 0 Å². The van der Waals surface area contributed by atoms with Gasteiger partial charge in [-0.3, -0.25) is 0 Å². The number of likely N-dealkylation sites (tertiary alicyclic amines) is 1. The summed E-state index contributed by atoms with van der Waals surface area (Å²) in [5, 5.41) is 8.98. The summed E-state index contributed by atoms with van der Waals surface area (Å²) in [6.45, 7) is 7.34. The first-order chi connectivity index (χ1) is 11.2. The summed E-state index contributed by atoms with van der Waals surface area (Å²) in [7, 11) is 2.16. The molecular weight excluding hydrogens is 294 g/mol. The Labute approximate surface area is 136 Å². The SMILES string of the molecule is CCOCc1nc(C(C)n2cncn2)n(C2CCN(C)CC2)n1. The highest BCUT2D eigenvalue weighted by molar-refractivity contribution is 5.01. The molecule has 0 radical (unpaired) electrons. The zero-order valence-corrected chi connectivity index (χ0v) is 14.1. The van der Waals surface area contributed by atoms with Crippen LogP contribution in [-0.4, -0.2) is 61.2 Å². The zero-order chi connectivity index (χ0) is 16.2. The van der Waals surface area contributed by atoms with Crippen molar-refractivity contribution in [2.75, 3.05) is 26.7 Å². The zero-order valence-electron chi connectivity index (χ0n) is 14.1. The lowest BCUT2D eigenvalue weighted by Crippen LogP contribution is -2.33. The van der Waals surface area contributed by atoms with Crippen molar-refractivity contribution in [3.63, 3.8) is 0 Å². The van der Waals surface area contributed by atoms with Crippen molar-refractivity contribution in [1.82, 2.24) is 34.4 Å². The van der Waals surface area contributed by atoms with Gasteiger partial charge >= 0.3 is 0 Å². The second kappa shape index (κ2) is 7.18. The summed E-state index contributed by atoms with van der Waals surface area (Å²) >= 11 is 0. The fourth-order valence-electron chi connectivity index (χ4n) is 2.96. The molecule has 8 nitrogen and oxygen atoms in total. The lowest BCUT2D eigenvalue weighted by Gasteiger charge is -2.30. The standard InChI is InChI=1S/C15H25N7O/c1-4-23-9-14-18-15(12(2)21-11-16-10-17-21)22(19-14)13-5-7-20(3)8-6-13/h10-13H,4-9H2,1-3H3. The van der Waals surface area contributed by atoms with Gasteiger partial charge < -0.3 is 9.64 Å². The van der Waals surface area contributed by atoms with E-state index in [-0.39, 0.29) is 6.04 Å². The molecule has 1 fully saturated rings. The molecule has 0 amide bonds. The van der Waals surface area contributed by atoms with Crippen LogP contribution in [0, 0.1) is 0 Å². The highest BCUT2D eigenvalue weighted by Gasteiger charge is 2.26. The van der Waals surface area contributed by atoms with E-state index in [9.17, 15) is 0 Å². The summed E-state index contributed by atoms with van der Waals surface area (Å²) in [6.07, 6.45) is 5.45. The molecule has 1 saturated heterocycles. The fraction of sp³-hybridized carbons (Fsp3) is 0.733. The molecular formula is C15H25N7O. The molecule has 23 heavy (non-hydrogen) atoms. The quantitative estimate of drug-likeness (QED) is 0.798. The van der Waals surface area contributed by atoms with Crippen molar-refractivity contribution in [1.29, 1.82) is 0 Å². The van der Waals surface area contributed by atoms with Crippen LogP contribution in [0.1, 0.15) is 50.4 Å². The number of aromatic nitrogens is 6. The molecule has 0 bridgehead atoms.